The minimum atomic E-state index is 0.591. The second kappa shape index (κ2) is 11.9. The zero-order valence-corrected chi connectivity index (χ0v) is 30.1. The molecule has 0 bridgehead atoms. The third-order valence-corrected chi connectivity index (χ3v) is 11.4. The fourth-order valence-corrected chi connectivity index (χ4v) is 8.89. The molecule has 12 rings (SSSR count). The van der Waals surface area contributed by atoms with Crippen LogP contribution in [0.4, 0.5) is 0 Å². The maximum atomic E-state index is 5.42. The second-order valence-electron chi connectivity index (χ2n) is 14.4. The van der Waals surface area contributed by atoms with Gasteiger partial charge in [0.1, 0.15) is 0 Å². The molecule has 0 fully saturated rings. The van der Waals surface area contributed by atoms with Crippen LogP contribution in [0, 0.1) is 0 Å². The van der Waals surface area contributed by atoms with Gasteiger partial charge in [0.05, 0.1) is 27.8 Å². The Bertz CT molecular complexity index is 3540. The molecule has 56 heavy (non-hydrogen) atoms. The van der Waals surface area contributed by atoms with Gasteiger partial charge in [0.25, 0.3) is 0 Å². The summed E-state index contributed by atoms with van der Waals surface area (Å²) in [6, 6.07) is 65.0. The lowest BCUT2D eigenvalue weighted by Gasteiger charge is -2.14. The zero-order chi connectivity index (χ0) is 36.7. The van der Waals surface area contributed by atoms with E-state index in [4.69, 9.17) is 15.0 Å². The van der Waals surface area contributed by atoms with Gasteiger partial charge >= 0.3 is 0 Å². The Kier molecular flexibility index (Phi) is 6.56. The molecule has 260 valence electrons. The number of fused-ring (bicyclic) bond motifs is 10. The van der Waals surface area contributed by atoms with E-state index >= 15 is 0 Å². The van der Waals surface area contributed by atoms with E-state index < -0.39 is 0 Å². The lowest BCUT2D eigenvalue weighted by molar-refractivity contribution is 1.01. The van der Waals surface area contributed by atoms with E-state index in [1.807, 2.05) is 12.3 Å². The maximum absolute atomic E-state index is 5.42. The predicted molar refractivity (Wildman–Crippen MR) is 232 cm³/mol. The van der Waals surface area contributed by atoms with E-state index in [0.29, 0.717) is 11.6 Å². The van der Waals surface area contributed by atoms with E-state index in [0.717, 1.165) is 49.9 Å². The minimum Gasteiger partial charge on any atom is -0.309 e. The highest BCUT2D eigenvalue weighted by atomic mass is 15.2. The van der Waals surface area contributed by atoms with Crippen LogP contribution >= 0.6 is 0 Å². The number of pyridine rings is 1. The molecule has 4 heterocycles. The predicted octanol–water partition coefficient (Wildman–Crippen LogP) is 12.9. The monoisotopic (exact) mass is 713 g/mol. The lowest BCUT2D eigenvalue weighted by Crippen LogP contribution is -2.04. The number of aromatic nitrogens is 5. The van der Waals surface area contributed by atoms with Gasteiger partial charge in [0.2, 0.25) is 5.95 Å². The van der Waals surface area contributed by atoms with Gasteiger partial charge < -0.3 is 4.57 Å². The summed E-state index contributed by atoms with van der Waals surface area (Å²) in [6.45, 7) is 0. The molecular weight excluding hydrogens is 683 g/mol. The zero-order valence-electron chi connectivity index (χ0n) is 30.1. The van der Waals surface area contributed by atoms with Crippen molar-refractivity contribution in [3.8, 4) is 34.0 Å². The number of hydrogen-bond donors (Lipinski definition) is 0. The molecule has 0 amide bonds. The van der Waals surface area contributed by atoms with Gasteiger partial charge in [0, 0.05) is 44.4 Å². The number of rotatable bonds is 4. The van der Waals surface area contributed by atoms with Crippen LogP contribution in [-0.4, -0.2) is 24.1 Å². The second-order valence-corrected chi connectivity index (χ2v) is 14.4. The van der Waals surface area contributed by atoms with Crippen molar-refractivity contribution in [1.82, 2.24) is 24.1 Å². The van der Waals surface area contributed by atoms with Crippen LogP contribution in [0.5, 0.6) is 0 Å². The summed E-state index contributed by atoms with van der Waals surface area (Å²) in [5, 5.41) is 10.4. The molecule has 0 atom stereocenters. The van der Waals surface area contributed by atoms with Crippen LogP contribution in [0.15, 0.2) is 188 Å². The van der Waals surface area contributed by atoms with Crippen molar-refractivity contribution < 1.29 is 0 Å². The first kappa shape index (κ1) is 30.8. The molecule has 0 saturated carbocycles. The van der Waals surface area contributed by atoms with Crippen LogP contribution in [0.3, 0.4) is 0 Å². The van der Waals surface area contributed by atoms with Crippen molar-refractivity contribution in [2.24, 2.45) is 0 Å². The maximum Gasteiger partial charge on any atom is 0.237 e. The Labute approximate surface area is 321 Å². The Morgan fingerprint density at radius 3 is 1.89 bits per heavy atom. The lowest BCUT2D eigenvalue weighted by atomic mass is 9.94. The molecule has 0 radical (unpaired) electrons. The average molecular weight is 714 g/mol. The molecule has 0 unspecified atom stereocenters. The first-order valence-corrected chi connectivity index (χ1v) is 18.9. The molecule has 4 aromatic heterocycles. The molecule has 5 nitrogen and oxygen atoms in total. The van der Waals surface area contributed by atoms with Gasteiger partial charge in [-0.05, 0) is 93.3 Å². The van der Waals surface area contributed by atoms with Crippen molar-refractivity contribution >= 4 is 76.2 Å². The van der Waals surface area contributed by atoms with Gasteiger partial charge in [-0.2, -0.15) is 4.98 Å². The topological polar surface area (TPSA) is 48.5 Å². The van der Waals surface area contributed by atoms with Crippen molar-refractivity contribution in [3.63, 3.8) is 0 Å². The third-order valence-electron chi connectivity index (χ3n) is 11.4. The summed E-state index contributed by atoms with van der Waals surface area (Å²) in [5.74, 6) is 0.591. The highest BCUT2D eigenvalue weighted by molar-refractivity contribution is 6.24. The Morgan fingerprint density at radius 1 is 0.375 bits per heavy atom. The van der Waals surface area contributed by atoms with E-state index in [9.17, 15) is 0 Å². The van der Waals surface area contributed by atoms with E-state index in [2.05, 4.69) is 185 Å². The van der Waals surface area contributed by atoms with Gasteiger partial charge in [-0.3, -0.25) is 4.57 Å². The van der Waals surface area contributed by atoms with Crippen LogP contribution in [-0.2, 0) is 0 Å². The summed E-state index contributed by atoms with van der Waals surface area (Å²) in [7, 11) is 0. The molecule has 0 aliphatic heterocycles. The van der Waals surface area contributed by atoms with Gasteiger partial charge in [-0.25, -0.2) is 9.97 Å². The van der Waals surface area contributed by atoms with Crippen molar-refractivity contribution in [1.29, 1.82) is 0 Å². The van der Waals surface area contributed by atoms with E-state index in [1.54, 1.807) is 0 Å². The van der Waals surface area contributed by atoms with Crippen LogP contribution in [0.2, 0.25) is 0 Å². The van der Waals surface area contributed by atoms with Gasteiger partial charge in [-0.15, -0.1) is 0 Å². The molecule has 0 spiro atoms. The number of nitrogens with zero attached hydrogens (tertiary/aromatic N) is 5. The normalized spacial score (nSPS) is 11.9. The van der Waals surface area contributed by atoms with Crippen molar-refractivity contribution in [2.75, 3.05) is 0 Å². The standard InChI is InChI=1S/C51H31N5/c1-2-15-36(16-3-1)55-44-22-10-8-18-38(44)43-30-34(26-27-46(43)55)42-31-47-48(39-19-7-6-17-37(39)42)40-20-9-11-23-45(40)56(47)51-53-49(41-21-12-28-52-50(41)54-51)35-25-24-32-13-4-5-14-33(32)29-35/h1-31H. The van der Waals surface area contributed by atoms with Crippen molar-refractivity contribution in [3.05, 3.63) is 188 Å². The summed E-state index contributed by atoms with van der Waals surface area (Å²) in [5.41, 5.74) is 10.5. The summed E-state index contributed by atoms with van der Waals surface area (Å²) in [4.78, 5) is 15.4. The molecule has 0 aliphatic rings. The minimum absolute atomic E-state index is 0.591. The first-order valence-electron chi connectivity index (χ1n) is 18.9. The van der Waals surface area contributed by atoms with E-state index in [1.165, 1.54) is 48.7 Å². The van der Waals surface area contributed by atoms with Gasteiger partial charge in [0.15, 0.2) is 5.65 Å². The number of hydrogen-bond acceptors (Lipinski definition) is 3. The Balaban J connectivity index is 1.15. The summed E-state index contributed by atoms with van der Waals surface area (Å²) >= 11 is 0. The molecule has 5 heteroatoms. The van der Waals surface area contributed by atoms with Crippen LogP contribution in [0.25, 0.3) is 110 Å². The quantitative estimate of drug-likeness (QED) is 0.182. The molecule has 0 saturated heterocycles. The molecule has 8 aromatic carbocycles. The Hall–Kier alpha value is -7.63. The number of benzene rings is 8. The molecular formula is C51H31N5. The smallest absolute Gasteiger partial charge is 0.237 e. The molecule has 0 aliphatic carbocycles. The number of para-hydroxylation sites is 3. The van der Waals surface area contributed by atoms with E-state index in [-0.39, 0.29) is 0 Å². The molecule has 0 N–H and O–H groups in total. The third kappa shape index (κ3) is 4.52. The highest BCUT2D eigenvalue weighted by Crippen LogP contribution is 2.43. The highest BCUT2D eigenvalue weighted by Gasteiger charge is 2.22. The average Bonchev–Trinajstić information content (AvgIpc) is 3.78. The Morgan fingerprint density at radius 2 is 1.04 bits per heavy atom. The SMILES string of the molecule is c1ccc(-n2c3ccccc3c3cc(-c4cc5c(c6ccccc46)c4ccccc4n5-c4nc(-c5ccc6ccccc6c5)c5cccnc5n4)ccc32)cc1. The van der Waals surface area contributed by atoms with Crippen LogP contribution in [0.1, 0.15) is 0 Å². The first-order chi connectivity index (χ1) is 27.8. The fraction of sp³-hybridized carbons (Fsp3) is 0. The molecule has 12 aromatic rings. The fourth-order valence-electron chi connectivity index (χ4n) is 8.89. The van der Waals surface area contributed by atoms with Crippen molar-refractivity contribution in [2.45, 2.75) is 0 Å². The van der Waals surface area contributed by atoms with Gasteiger partial charge in [-0.1, -0.05) is 121 Å². The summed E-state index contributed by atoms with van der Waals surface area (Å²) < 4.78 is 4.60. The largest absolute Gasteiger partial charge is 0.309 e. The summed E-state index contributed by atoms with van der Waals surface area (Å²) in [6.07, 6.45) is 1.81. The van der Waals surface area contributed by atoms with Crippen LogP contribution < -0.4 is 0 Å².